The summed E-state index contributed by atoms with van der Waals surface area (Å²) in [5.74, 6) is 0.597. The van der Waals surface area contributed by atoms with Gasteiger partial charge >= 0.3 is 0 Å². The van der Waals surface area contributed by atoms with E-state index in [1.807, 2.05) is 30.3 Å². The number of carbonyl (C=O) groups is 1. The van der Waals surface area contributed by atoms with Crippen LogP contribution >= 0.6 is 0 Å². The average molecular weight is 175 g/mol. The quantitative estimate of drug-likeness (QED) is 0.639. The van der Waals surface area contributed by atoms with Crippen molar-refractivity contribution in [3.8, 4) is 0 Å². The van der Waals surface area contributed by atoms with E-state index in [4.69, 9.17) is 4.74 Å². The molecule has 0 atom stereocenters. The lowest BCUT2D eigenvalue weighted by Crippen LogP contribution is -2.23. The Hall–Kier alpha value is -1.64. The van der Waals surface area contributed by atoms with E-state index < -0.39 is 0 Å². The number of hydrogen-bond acceptors (Lipinski definition) is 3. The predicted octanol–water partition coefficient (Wildman–Crippen LogP) is 1.03. The first-order chi connectivity index (χ1) is 6.36. The molecule has 0 aromatic heterocycles. The smallest absolute Gasteiger partial charge is 0.216 e. The molecule has 1 aromatic carbocycles. The van der Waals surface area contributed by atoms with Gasteiger partial charge in [-0.3, -0.25) is 4.79 Å². The van der Waals surface area contributed by atoms with E-state index in [9.17, 15) is 4.79 Å². The normalized spacial score (nSPS) is 16.3. The highest BCUT2D eigenvalue weighted by atomic mass is 16.5. The molecule has 1 aromatic rings. The Bertz CT molecular complexity index is 343. The molecule has 0 radical (unpaired) electrons. The van der Waals surface area contributed by atoms with Crippen LogP contribution in [0.4, 0.5) is 0 Å². The molecule has 0 saturated heterocycles. The fourth-order valence-electron chi connectivity index (χ4n) is 1.16. The third-order valence-corrected chi connectivity index (χ3v) is 1.79. The Morgan fingerprint density at radius 2 is 2.00 bits per heavy atom. The van der Waals surface area contributed by atoms with Gasteiger partial charge in [0.1, 0.15) is 6.54 Å². The van der Waals surface area contributed by atoms with Gasteiger partial charge in [-0.25, -0.2) is 4.99 Å². The van der Waals surface area contributed by atoms with E-state index in [1.165, 1.54) is 0 Å². The fraction of sp³-hybridized carbons (Fsp3) is 0.200. The molecule has 3 heteroatoms. The monoisotopic (exact) mass is 175 g/mol. The van der Waals surface area contributed by atoms with Crippen LogP contribution < -0.4 is 0 Å². The highest BCUT2D eigenvalue weighted by Crippen LogP contribution is 2.05. The second kappa shape index (κ2) is 3.39. The molecule has 0 aliphatic carbocycles. The molecular weight excluding hydrogens is 166 g/mol. The molecule has 1 aliphatic heterocycles. The molecule has 0 saturated carbocycles. The van der Waals surface area contributed by atoms with Crippen molar-refractivity contribution in [1.29, 1.82) is 0 Å². The molecule has 2 rings (SSSR count). The molecule has 66 valence electrons. The number of ether oxygens (including phenoxy) is 1. The van der Waals surface area contributed by atoms with Gasteiger partial charge in [0.25, 0.3) is 0 Å². The van der Waals surface area contributed by atoms with Gasteiger partial charge in [0.2, 0.25) is 5.90 Å². The van der Waals surface area contributed by atoms with Crippen molar-refractivity contribution in [2.45, 2.75) is 0 Å². The van der Waals surface area contributed by atoms with Crippen LogP contribution in [0.15, 0.2) is 35.3 Å². The molecule has 0 fully saturated rings. The Morgan fingerprint density at radius 1 is 1.23 bits per heavy atom. The van der Waals surface area contributed by atoms with E-state index in [1.54, 1.807) is 0 Å². The molecule has 3 nitrogen and oxygen atoms in total. The summed E-state index contributed by atoms with van der Waals surface area (Å²) in [7, 11) is 0. The largest absolute Gasteiger partial charge is 0.469 e. The summed E-state index contributed by atoms with van der Waals surface area (Å²) in [6.07, 6.45) is 0. The molecule has 1 aliphatic rings. The third kappa shape index (κ3) is 1.75. The van der Waals surface area contributed by atoms with Crippen LogP contribution in [0.5, 0.6) is 0 Å². The van der Waals surface area contributed by atoms with Crippen LogP contribution in [0.25, 0.3) is 0 Å². The Balaban J connectivity index is 2.23. The molecule has 0 spiro atoms. The highest BCUT2D eigenvalue weighted by molar-refractivity contribution is 5.99. The van der Waals surface area contributed by atoms with Gasteiger partial charge in [-0.2, -0.15) is 0 Å². The van der Waals surface area contributed by atoms with Gasteiger partial charge in [-0.15, -0.1) is 0 Å². The van der Waals surface area contributed by atoms with Crippen molar-refractivity contribution in [3.63, 3.8) is 0 Å². The van der Waals surface area contributed by atoms with Gasteiger partial charge in [0.05, 0.1) is 0 Å². The van der Waals surface area contributed by atoms with E-state index in [0.29, 0.717) is 5.90 Å². The van der Waals surface area contributed by atoms with Crippen molar-refractivity contribution in [1.82, 2.24) is 0 Å². The highest BCUT2D eigenvalue weighted by Gasteiger charge is 2.13. The lowest BCUT2D eigenvalue weighted by atomic mass is 10.2. The van der Waals surface area contributed by atoms with Gasteiger partial charge in [-0.05, 0) is 12.1 Å². The van der Waals surface area contributed by atoms with E-state index in [0.717, 1.165) is 5.56 Å². The summed E-state index contributed by atoms with van der Waals surface area (Å²) < 4.78 is 5.18. The zero-order chi connectivity index (χ0) is 9.10. The zero-order valence-corrected chi connectivity index (χ0v) is 7.06. The van der Waals surface area contributed by atoms with Crippen molar-refractivity contribution < 1.29 is 9.53 Å². The first kappa shape index (κ1) is 7.98. The molecule has 0 amide bonds. The molecule has 13 heavy (non-hydrogen) atoms. The van der Waals surface area contributed by atoms with Gasteiger partial charge < -0.3 is 4.74 Å². The Morgan fingerprint density at radius 3 is 2.62 bits per heavy atom. The minimum absolute atomic E-state index is 0.0275. The van der Waals surface area contributed by atoms with Crippen LogP contribution in [0.3, 0.4) is 0 Å². The van der Waals surface area contributed by atoms with Crippen molar-refractivity contribution in [3.05, 3.63) is 35.9 Å². The van der Waals surface area contributed by atoms with E-state index >= 15 is 0 Å². The first-order valence-corrected chi connectivity index (χ1v) is 4.10. The van der Waals surface area contributed by atoms with Crippen LogP contribution in [-0.2, 0) is 9.53 Å². The number of carbonyl (C=O) groups excluding carboxylic acids is 1. The Kier molecular flexibility index (Phi) is 2.08. The lowest BCUT2D eigenvalue weighted by molar-refractivity contribution is -0.120. The lowest BCUT2D eigenvalue weighted by Gasteiger charge is -2.12. The summed E-state index contributed by atoms with van der Waals surface area (Å²) in [6, 6.07) is 9.58. The number of nitrogens with zero attached hydrogens (tertiary/aromatic N) is 1. The standard InChI is InChI=1S/C10H9NO2/c12-9-6-11-10(13-7-9)8-4-2-1-3-5-8/h1-5H,6-7H2. The fourth-order valence-corrected chi connectivity index (χ4v) is 1.16. The molecule has 0 N–H and O–H groups in total. The summed E-state index contributed by atoms with van der Waals surface area (Å²) in [5, 5.41) is 0. The SMILES string of the molecule is O=C1CN=C(c2ccccc2)OC1. The predicted molar refractivity (Wildman–Crippen MR) is 48.8 cm³/mol. The van der Waals surface area contributed by atoms with E-state index in [2.05, 4.69) is 4.99 Å². The maximum Gasteiger partial charge on any atom is 0.216 e. The summed E-state index contributed by atoms with van der Waals surface area (Å²) in [6.45, 7) is 0.387. The van der Waals surface area contributed by atoms with E-state index in [-0.39, 0.29) is 18.9 Å². The summed E-state index contributed by atoms with van der Waals surface area (Å²) in [5.41, 5.74) is 0.926. The van der Waals surface area contributed by atoms with Crippen LogP contribution in [-0.4, -0.2) is 24.8 Å². The van der Waals surface area contributed by atoms with Crippen LogP contribution in [0.2, 0.25) is 0 Å². The molecular formula is C10H9NO2. The number of Topliss-reactive ketones (excluding diaryl/α,β-unsaturated/α-hetero) is 1. The van der Waals surface area contributed by atoms with Crippen molar-refractivity contribution in [2.24, 2.45) is 4.99 Å². The average Bonchev–Trinajstić information content (AvgIpc) is 2.20. The summed E-state index contributed by atoms with van der Waals surface area (Å²) >= 11 is 0. The van der Waals surface area contributed by atoms with Gasteiger partial charge in [0, 0.05) is 5.56 Å². The zero-order valence-electron chi connectivity index (χ0n) is 7.06. The van der Waals surface area contributed by atoms with Gasteiger partial charge in [0.15, 0.2) is 12.4 Å². The number of benzene rings is 1. The first-order valence-electron chi connectivity index (χ1n) is 4.10. The molecule has 0 bridgehead atoms. The number of aliphatic imine (C=N–C) groups is 1. The number of hydrogen-bond donors (Lipinski definition) is 0. The van der Waals surface area contributed by atoms with Crippen LogP contribution in [0.1, 0.15) is 5.56 Å². The second-order valence-corrected chi connectivity index (χ2v) is 2.81. The number of rotatable bonds is 1. The topological polar surface area (TPSA) is 38.7 Å². The number of ketones is 1. The van der Waals surface area contributed by atoms with Crippen LogP contribution in [0, 0.1) is 0 Å². The molecule has 0 unspecified atom stereocenters. The minimum Gasteiger partial charge on any atom is -0.469 e. The third-order valence-electron chi connectivity index (χ3n) is 1.79. The Labute approximate surface area is 76.1 Å². The minimum atomic E-state index is 0.0275. The van der Waals surface area contributed by atoms with Gasteiger partial charge in [-0.1, -0.05) is 18.2 Å². The van der Waals surface area contributed by atoms with Crippen molar-refractivity contribution >= 4 is 11.7 Å². The maximum absolute atomic E-state index is 10.8. The second-order valence-electron chi connectivity index (χ2n) is 2.81. The van der Waals surface area contributed by atoms with Crippen molar-refractivity contribution in [2.75, 3.05) is 13.2 Å². The molecule has 1 heterocycles. The summed E-state index contributed by atoms with van der Waals surface area (Å²) in [4.78, 5) is 14.8. The maximum atomic E-state index is 10.8.